The van der Waals surface area contributed by atoms with Crippen molar-refractivity contribution in [2.45, 2.75) is 24.1 Å². The molecule has 36 heavy (non-hydrogen) atoms. The third-order valence-corrected chi connectivity index (χ3v) is 6.33. The van der Waals surface area contributed by atoms with Gasteiger partial charge in [0.05, 0.1) is 32.5 Å². The van der Waals surface area contributed by atoms with E-state index in [2.05, 4.69) is 4.98 Å². The van der Waals surface area contributed by atoms with Gasteiger partial charge < -0.3 is 14.2 Å². The second-order valence-corrected chi connectivity index (χ2v) is 8.54. The fraction of sp³-hybridized carbons (Fsp3) is 0.222. The number of methoxy groups -OCH3 is 3. The highest BCUT2D eigenvalue weighted by molar-refractivity contribution is 7.98. The number of halogens is 2. The van der Waals surface area contributed by atoms with Gasteiger partial charge in [0.2, 0.25) is 0 Å². The molecule has 9 heteroatoms. The molecule has 0 bridgehead atoms. The number of ketones is 1. The van der Waals surface area contributed by atoms with Gasteiger partial charge in [0, 0.05) is 11.3 Å². The minimum absolute atomic E-state index is 0.232. The monoisotopic (exact) mass is 510 g/mol. The van der Waals surface area contributed by atoms with Crippen LogP contribution in [-0.4, -0.2) is 32.1 Å². The lowest BCUT2D eigenvalue weighted by Crippen LogP contribution is -2.00. The number of benzene rings is 2. The van der Waals surface area contributed by atoms with Crippen LogP contribution in [0.5, 0.6) is 17.2 Å². The topological polar surface area (TPSA) is 81.4 Å². The van der Waals surface area contributed by atoms with Gasteiger partial charge in [-0.3, -0.25) is 4.79 Å². The molecular weight excluding hydrogens is 486 g/mol. The second kappa shape index (κ2) is 12.2. The molecule has 1 heterocycles. The molecule has 6 nitrogen and oxygen atoms in total. The first-order valence-electron chi connectivity index (χ1n) is 10.7. The van der Waals surface area contributed by atoms with Crippen LogP contribution in [-0.2, 0) is 5.75 Å². The summed E-state index contributed by atoms with van der Waals surface area (Å²) in [5, 5.41) is 9.72. The Kier molecular flexibility index (Phi) is 9.03. The quantitative estimate of drug-likeness (QED) is 0.177. The summed E-state index contributed by atoms with van der Waals surface area (Å²) < 4.78 is 42.4. The summed E-state index contributed by atoms with van der Waals surface area (Å²) in [5.41, 5.74) is 2.18. The third kappa shape index (κ3) is 6.20. The van der Waals surface area contributed by atoms with Crippen LogP contribution in [0.2, 0.25) is 0 Å². The summed E-state index contributed by atoms with van der Waals surface area (Å²) in [6.07, 6.45) is 0.357. The number of carbonyl (C=O) groups is 1. The molecule has 0 amide bonds. The van der Waals surface area contributed by atoms with E-state index in [0.29, 0.717) is 34.1 Å². The van der Waals surface area contributed by atoms with Crippen molar-refractivity contribution in [1.82, 2.24) is 4.98 Å². The van der Waals surface area contributed by atoms with E-state index in [1.807, 2.05) is 12.1 Å². The van der Waals surface area contributed by atoms with Crippen LogP contribution in [0.1, 0.15) is 44.7 Å². The minimum atomic E-state index is -2.74. The fourth-order valence-electron chi connectivity index (χ4n) is 3.45. The molecule has 0 fully saturated rings. The lowest BCUT2D eigenvalue weighted by molar-refractivity contribution is 0.104. The first-order chi connectivity index (χ1) is 17.3. The van der Waals surface area contributed by atoms with Crippen LogP contribution in [0, 0.1) is 18.3 Å². The summed E-state index contributed by atoms with van der Waals surface area (Å²) in [7, 11) is 4.53. The van der Waals surface area contributed by atoms with E-state index < -0.39 is 6.43 Å². The molecule has 0 N–H and O–H groups in total. The Labute approximate surface area is 212 Å². The molecule has 3 rings (SSSR count). The van der Waals surface area contributed by atoms with Crippen molar-refractivity contribution < 1.29 is 27.8 Å². The average Bonchev–Trinajstić information content (AvgIpc) is 2.89. The first-order valence-corrected chi connectivity index (χ1v) is 11.7. The largest absolute Gasteiger partial charge is 0.497 e. The lowest BCUT2D eigenvalue weighted by atomic mass is 10.1. The highest BCUT2D eigenvalue weighted by Gasteiger charge is 2.17. The maximum Gasteiger partial charge on any atom is 0.280 e. The van der Waals surface area contributed by atoms with E-state index in [-0.39, 0.29) is 22.1 Å². The number of allylic oxidation sites excluding steroid dienone is 1. The molecule has 0 unspecified atom stereocenters. The first kappa shape index (κ1) is 26.7. The number of hydrogen-bond donors (Lipinski definition) is 0. The Balaban J connectivity index is 1.86. The van der Waals surface area contributed by atoms with Gasteiger partial charge in [-0.1, -0.05) is 12.1 Å². The maximum atomic E-state index is 13.2. The smallest absolute Gasteiger partial charge is 0.280 e. The van der Waals surface area contributed by atoms with Crippen LogP contribution in [0.15, 0.2) is 53.6 Å². The molecule has 0 radical (unpaired) electrons. The zero-order valence-electron chi connectivity index (χ0n) is 20.2. The molecule has 0 aliphatic carbocycles. The SMILES string of the molecule is COc1ccc(OC)c(C(=O)/C=C/c2ccc(OC)c(CSc3nc(C(F)F)cc(C)c3C#N)c2)c1. The number of carbonyl (C=O) groups excluding carboxylic acids is 1. The number of pyridine rings is 1. The van der Waals surface area contributed by atoms with Crippen molar-refractivity contribution in [3.8, 4) is 23.3 Å². The van der Waals surface area contributed by atoms with E-state index >= 15 is 0 Å². The molecule has 186 valence electrons. The number of hydrogen-bond acceptors (Lipinski definition) is 7. The van der Waals surface area contributed by atoms with Gasteiger partial charge in [-0.25, -0.2) is 13.8 Å². The summed E-state index contributed by atoms with van der Waals surface area (Å²) in [6, 6.07) is 13.6. The van der Waals surface area contributed by atoms with E-state index in [0.717, 1.165) is 11.1 Å². The molecule has 2 aromatic carbocycles. The van der Waals surface area contributed by atoms with Crippen molar-refractivity contribution >= 4 is 23.6 Å². The molecule has 0 aliphatic rings. The number of aromatic nitrogens is 1. The summed E-state index contributed by atoms with van der Waals surface area (Å²) in [6.45, 7) is 1.61. The molecule has 0 saturated carbocycles. The van der Waals surface area contributed by atoms with E-state index in [1.54, 1.807) is 43.3 Å². The van der Waals surface area contributed by atoms with Gasteiger partial charge in [-0.2, -0.15) is 5.26 Å². The number of nitrogens with zero attached hydrogens (tertiary/aromatic N) is 2. The van der Waals surface area contributed by atoms with Crippen LogP contribution in [0.3, 0.4) is 0 Å². The predicted octanol–water partition coefficient (Wildman–Crippen LogP) is 6.41. The van der Waals surface area contributed by atoms with E-state index in [9.17, 15) is 18.8 Å². The van der Waals surface area contributed by atoms with Crippen molar-refractivity contribution in [1.29, 1.82) is 5.26 Å². The zero-order valence-corrected chi connectivity index (χ0v) is 21.0. The van der Waals surface area contributed by atoms with Crippen molar-refractivity contribution in [2.75, 3.05) is 21.3 Å². The van der Waals surface area contributed by atoms with Gasteiger partial charge in [0.1, 0.15) is 34.0 Å². The summed E-state index contributed by atoms with van der Waals surface area (Å²) >= 11 is 1.17. The molecule has 0 aliphatic heterocycles. The Hall–Kier alpha value is -3.90. The zero-order chi connectivity index (χ0) is 26.2. The molecule has 0 spiro atoms. The normalized spacial score (nSPS) is 10.9. The number of aryl methyl sites for hydroxylation is 1. The van der Waals surface area contributed by atoms with Gasteiger partial charge in [-0.05, 0) is 60.5 Å². The molecule has 0 atom stereocenters. The Bertz CT molecular complexity index is 1340. The summed E-state index contributed by atoms with van der Waals surface area (Å²) in [5.74, 6) is 1.60. The predicted molar refractivity (Wildman–Crippen MR) is 134 cm³/mol. The Morgan fingerprint density at radius 1 is 1.08 bits per heavy atom. The van der Waals surface area contributed by atoms with Crippen LogP contribution in [0.4, 0.5) is 8.78 Å². The number of alkyl halides is 2. The van der Waals surface area contributed by atoms with E-state index in [1.165, 1.54) is 45.2 Å². The molecule has 1 aromatic heterocycles. The van der Waals surface area contributed by atoms with Crippen molar-refractivity contribution in [2.24, 2.45) is 0 Å². The maximum absolute atomic E-state index is 13.2. The Morgan fingerprint density at radius 3 is 2.44 bits per heavy atom. The van der Waals surface area contributed by atoms with Crippen LogP contribution < -0.4 is 14.2 Å². The molecular formula is C27H24F2N2O4S. The number of nitriles is 1. The lowest BCUT2D eigenvalue weighted by Gasteiger charge is -2.12. The standard InChI is InChI=1S/C27H24F2N2O4S/c1-16-11-22(26(28)29)31-27(21(16)14-30)36-15-18-12-17(6-9-24(18)34-3)5-8-23(32)20-13-19(33-2)7-10-25(20)35-4/h5-13,26H,15H2,1-4H3/b8-5+. The number of rotatable bonds is 10. The van der Waals surface area contributed by atoms with E-state index in [4.69, 9.17) is 14.2 Å². The van der Waals surface area contributed by atoms with Gasteiger partial charge in [0.15, 0.2) is 5.78 Å². The average molecular weight is 511 g/mol. The Morgan fingerprint density at radius 2 is 1.81 bits per heavy atom. The van der Waals surface area contributed by atoms with Crippen molar-refractivity contribution in [3.05, 3.63) is 82.1 Å². The van der Waals surface area contributed by atoms with Gasteiger partial charge in [0.25, 0.3) is 6.43 Å². The third-order valence-electron chi connectivity index (χ3n) is 5.31. The fourth-order valence-corrected chi connectivity index (χ4v) is 4.49. The van der Waals surface area contributed by atoms with Crippen molar-refractivity contribution in [3.63, 3.8) is 0 Å². The number of ether oxygens (including phenoxy) is 3. The highest BCUT2D eigenvalue weighted by Crippen LogP contribution is 2.33. The van der Waals surface area contributed by atoms with Gasteiger partial charge >= 0.3 is 0 Å². The molecule has 0 saturated heterocycles. The second-order valence-electron chi connectivity index (χ2n) is 7.58. The highest BCUT2D eigenvalue weighted by atomic mass is 32.2. The van der Waals surface area contributed by atoms with Crippen LogP contribution in [0.25, 0.3) is 6.08 Å². The van der Waals surface area contributed by atoms with Gasteiger partial charge in [-0.15, -0.1) is 11.8 Å². The minimum Gasteiger partial charge on any atom is -0.497 e. The molecule has 3 aromatic rings. The van der Waals surface area contributed by atoms with Crippen LogP contribution >= 0.6 is 11.8 Å². The number of thioether (sulfide) groups is 1. The summed E-state index contributed by atoms with van der Waals surface area (Å²) in [4.78, 5) is 16.8.